The molecule has 1 aromatic heterocycles. The summed E-state index contributed by atoms with van der Waals surface area (Å²) in [7, 11) is 0. The van der Waals surface area contributed by atoms with Gasteiger partial charge in [-0.2, -0.15) is 0 Å². The lowest BCUT2D eigenvalue weighted by Crippen LogP contribution is -2.03. The first-order valence-electron chi connectivity index (χ1n) is 5.40. The molecule has 6 heteroatoms. The Balaban J connectivity index is 2.08. The van der Waals surface area contributed by atoms with Crippen LogP contribution in [0.15, 0.2) is 36.8 Å². The van der Waals surface area contributed by atoms with Gasteiger partial charge >= 0.3 is 0 Å². The van der Waals surface area contributed by atoms with Gasteiger partial charge in [0.2, 0.25) is 0 Å². The lowest BCUT2D eigenvalue weighted by molar-refractivity contribution is -0.384. The summed E-state index contributed by atoms with van der Waals surface area (Å²) in [5.41, 5.74) is 2.65. The van der Waals surface area contributed by atoms with Crippen molar-refractivity contribution in [2.75, 3.05) is 5.32 Å². The van der Waals surface area contributed by atoms with Gasteiger partial charge in [0.05, 0.1) is 17.2 Å². The molecular formula is C12H12N4O2. The Labute approximate surface area is 104 Å². The van der Waals surface area contributed by atoms with Crippen LogP contribution in [0.5, 0.6) is 0 Å². The number of hydrogen-bond donors (Lipinski definition) is 1. The van der Waals surface area contributed by atoms with Gasteiger partial charge in [-0.05, 0) is 24.6 Å². The normalized spacial score (nSPS) is 10.1. The number of non-ortho nitro benzene ring substituents is 1. The van der Waals surface area contributed by atoms with E-state index in [-0.39, 0.29) is 5.69 Å². The zero-order valence-corrected chi connectivity index (χ0v) is 9.83. The molecule has 92 valence electrons. The van der Waals surface area contributed by atoms with Crippen molar-refractivity contribution < 1.29 is 4.92 Å². The van der Waals surface area contributed by atoms with Crippen molar-refractivity contribution in [2.45, 2.75) is 13.5 Å². The maximum atomic E-state index is 10.6. The summed E-state index contributed by atoms with van der Waals surface area (Å²) < 4.78 is 0. The van der Waals surface area contributed by atoms with Gasteiger partial charge in [0, 0.05) is 24.0 Å². The van der Waals surface area contributed by atoms with Crippen molar-refractivity contribution in [3.8, 4) is 0 Å². The molecule has 0 spiro atoms. The molecule has 0 atom stereocenters. The molecule has 1 aromatic carbocycles. The first-order valence-corrected chi connectivity index (χ1v) is 5.40. The minimum atomic E-state index is -0.402. The number of nitro benzene ring substituents is 1. The predicted molar refractivity (Wildman–Crippen MR) is 67.2 cm³/mol. The predicted octanol–water partition coefficient (Wildman–Crippen LogP) is 2.31. The Hall–Kier alpha value is -2.50. The molecule has 0 aliphatic heterocycles. The minimum Gasteiger partial charge on any atom is -0.379 e. The van der Waals surface area contributed by atoms with Gasteiger partial charge in [0.15, 0.2) is 0 Å². The van der Waals surface area contributed by atoms with Gasteiger partial charge in [0.25, 0.3) is 5.69 Å². The number of anilines is 1. The number of rotatable bonds is 4. The van der Waals surface area contributed by atoms with E-state index >= 15 is 0 Å². The van der Waals surface area contributed by atoms with Crippen molar-refractivity contribution in [1.29, 1.82) is 0 Å². The third-order valence-corrected chi connectivity index (χ3v) is 2.52. The molecule has 0 aliphatic rings. The zero-order valence-electron chi connectivity index (χ0n) is 9.83. The van der Waals surface area contributed by atoms with Crippen molar-refractivity contribution >= 4 is 11.4 Å². The van der Waals surface area contributed by atoms with E-state index in [2.05, 4.69) is 15.3 Å². The molecule has 0 bridgehead atoms. The van der Waals surface area contributed by atoms with Gasteiger partial charge in [-0.1, -0.05) is 0 Å². The van der Waals surface area contributed by atoms with Crippen LogP contribution in [0.4, 0.5) is 11.4 Å². The molecule has 0 unspecified atom stereocenters. The number of nitrogens with one attached hydrogen (secondary N) is 1. The highest BCUT2D eigenvalue weighted by Gasteiger charge is 2.07. The van der Waals surface area contributed by atoms with Gasteiger partial charge in [0.1, 0.15) is 6.33 Å². The van der Waals surface area contributed by atoms with Crippen LogP contribution in [0.3, 0.4) is 0 Å². The highest BCUT2D eigenvalue weighted by atomic mass is 16.6. The van der Waals surface area contributed by atoms with Crippen LogP contribution in [0.1, 0.15) is 11.3 Å². The smallest absolute Gasteiger partial charge is 0.269 e. The van der Waals surface area contributed by atoms with E-state index in [0.29, 0.717) is 6.54 Å². The standard InChI is InChI=1S/C12H12N4O2/c1-9-6-11(16(17)18)2-3-12(9)14-7-10-4-5-13-8-15-10/h2-6,8,14H,7H2,1H3. The molecule has 0 radical (unpaired) electrons. The average Bonchev–Trinajstić information content (AvgIpc) is 2.38. The van der Waals surface area contributed by atoms with Gasteiger partial charge in [-0.25, -0.2) is 9.97 Å². The summed E-state index contributed by atoms with van der Waals surface area (Å²) >= 11 is 0. The fourth-order valence-corrected chi connectivity index (χ4v) is 1.57. The molecule has 0 saturated heterocycles. The topological polar surface area (TPSA) is 81.0 Å². The summed E-state index contributed by atoms with van der Waals surface area (Å²) in [4.78, 5) is 18.1. The van der Waals surface area contributed by atoms with E-state index in [4.69, 9.17) is 0 Å². The second kappa shape index (κ2) is 5.22. The molecule has 1 N–H and O–H groups in total. The lowest BCUT2D eigenvalue weighted by Gasteiger charge is -2.08. The third-order valence-electron chi connectivity index (χ3n) is 2.52. The fourth-order valence-electron chi connectivity index (χ4n) is 1.57. The van der Waals surface area contributed by atoms with Crippen molar-refractivity contribution in [2.24, 2.45) is 0 Å². The second-order valence-electron chi connectivity index (χ2n) is 3.81. The quantitative estimate of drug-likeness (QED) is 0.659. The van der Waals surface area contributed by atoms with Crippen LogP contribution in [0.25, 0.3) is 0 Å². The van der Waals surface area contributed by atoms with Crippen LogP contribution in [0, 0.1) is 17.0 Å². The summed E-state index contributed by atoms with van der Waals surface area (Å²) in [6.45, 7) is 2.39. The van der Waals surface area contributed by atoms with E-state index in [1.54, 1.807) is 18.3 Å². The largest absolute Gasteiger partial charge is 0.379 e. The number of nitrogens with zero attached hydrogens (tertiary/aromatic N) is 3. The van der Waals surface area contributed by atoms with E-state index in [9.17, 15) is 10.1 Å². The molecule has 0 amide bonds. The van der Waals surface area contributed by atoms with Crippen LogP contribution >= 0.6 is 0 Å². The molecule has 0 fully saturated rings. The molecule has 6 nitrogen and oxygen atoms in total. The van der Waals surface area contributed by atoms with Crippen LogP contribution in [0.2, 0.25) is 0 Å². The molecule has 1 heterocycles. The first-order chi connectivity index (χ1) is 8.66. The maximum Gasteiger partial charge on any atom is 0.269 e. The molecule has 0 saturated carbocycles. The van der Waals surface area contributed by atoms with Gasteiger partial charge < -0.3 is 5.32 Å². The molecule has 2 rings (SSSR count). The summed E-state index contributed by atoms with van der Waals surface area (Å²) in [5, 5.41) is 13.8. The van der Waals surface area contributed by atoms with Crippen LogP contribution in [-0.4, -0.2) is 14.9 Å². The average molecular weight is 244 g/mol. The SMILES string of the molecule is Cc1cc([N+](=O)[O-])ccc1NCc1ccncn1. The lowest BCUT2D eigenvalue weighted by atomic mass is 10.2. The molecular weight excluding hydrogens is 232 g/mol. The number of aryl methyl sites for hydroxylation is 1. The summed E-state index contributed by atoms with van der Waals surface area (Å²) in [6, 6.07) is 6.54. The monoisotopic (exact) mass is 244 g/mol. The third kappa shape index (κ3) is 2.79. The van der Waals surface area contributed by atoms with Crippen molar-refractivity contribution in [1.82, 2.24) is 9.97 Å². The number of benzene rings is 1. The van der Waals surface area contributed by atoms with E-state index in [0.717, 1.165) is 16.9 Å². The Bertz CT molecular complexity index is 557. The maximum absolute atomic E-state index is 10.6. The second-order valence-corrected chi connectivity index (χ2v) is 3.81. The Morgan fingerprint density at radius 1 is 1.39 bits per heavy atom. The minimum absolute atomic E-state index is 0.0973. The summed E-state index contributed by atoms with van der Waals surface area (Å²) in [5.74, 6) is 0. The van der Waals surface area contributed by atoms with E-state index in [1.165, 1.54) is 12.4 Å². The highest BCUT2D eigenvalue weighted by Crippen LogP contribution is 2.21. The number of nitro groups is 1. The molecule has 18 heavy (non-hydrogen) atoms. The van der Waals surface area contributed by atoms with Gasteiger partial charge in [-0.15, -0.1) is 0 Å². The van der Waals surface area contributed by atoms with Gasteiger partial charge in [-0.3, -0.25) is 10.1 Å². The van der Waals surface area contributed by atoms with E-state index < -0.39 is 4.92 Å². The van der Waals surface area contributed by atoms with Crippen LogP contribution in [-0.2, 0) is 6.54 Å². The highest BCUT2D eigenvalue weighted by molar-refractivity contribution is 5.55. The molecule has 0 aliphatic carbocycles. The Morgan fingerprint density at radius 3 is 2.83 bits per heavy atom. The zero-order chi connectivity index (χ0) is 13.0. The van der Waals surface area contributed by atoms with Crippen molar-refractivity contribution in [3.05, 3.63) is 58.2 Å². The van der Waals surface area contributed by atoms with Crippen LogP contribution < -0.4 is 5.32 Å². The number of aromatic nitrogens is 2. The Morgan fingerprint density at radius 2 is 2.22 bits per heavy atom. The number of hydrogen-bond acceptors (Lipinski definition) is 5. The first kappa shape index (κ1) is 12.0. The fraction of sp³-hybridized carbons (Fsp3) is 0.167. The van der Waals surface area contributed by atoms with E-state index in [1.807, 2.05) is 13.0 Å². The molecule has 2 aromatic rings. The summed E-state index contributed by atoms with van der Waals surface area (Å²) in [6.07, 6.45) is 3.16. The van der Waals surface area contributed by atoms with Crippen molar-refractivity contribution in [3.63, 3.8) is 0 Å². The Kier molecular flexibility index (Phi) is 3.47.